The molecule has 9 heteroatoms. The van der Waals surface area contributed by atoms with Gasteiger partial charge in [0, 0.05) is 11.7 Å². The molecule has 0 unspecified atom stereocenters. The van der Waals surface area contributed by atoms with Crippen molar-refractivity contribution in [1.29, 1.82) is 0 Å². The van der Waals surface area contributed by atoms with E-state index < -0.39 is 34.3 Å². The Bertz CT molecular complexity index is 690. The van der Waals surface area contributed by atoms with Crippen LogP contribution in [0.4, 0.5) is 0 Å². The summed E-state index contributed by atoms with van der Waals surface area (Å²) in [6, 6.07) is 1.41. The van der Waals surface area contributed by atoms with Gasteiger partial charge >= 0.3 is 13.1 Å². The maximum absolute atomic E-state index is 11.8. The fraction of sp³-hybridized carbons (Fsp3) is 0.615. The predicted octanol–water partition coefficient (Wildman–Crippen LogP) is 0.382. The Kier molecular flexibility index (Phi) is 3.96. The molecule has 0 radical (unpaired) electrons. The predicted molar refractivity (Wildman–Crippen MR) is 81.7 cm³/mol. The fourth-order valence-electron chi connectivity index (χ4n) is 2.10. The Balaban J connectivity index is 2.47. The zero-order valence-electron chi connectivity index (χ0n) is 13.5. The molecule has 0 N–H and O–H groups in total. The molecule has 0 amide bonds. The van der Waals surface area contributed by atoms with Crippen molar-refractivity contribution < 1.29 is 27.3 Å². The van der Waals surface area contributed by atoms with Crippen LogP contribution in [0.25, 0.3) is 0 Å². The van der Waals surface area contributed by atoms with Gasteiger partial charge in [0.1, 0.15) is 5.69 Å². The van der Waals surface area contributed by atoms with Crippen LogP contribution in [0.3, 0.4) is 0 Å². The third-order valence-corrected chi connectivity index (χ3v) is 5.10. The summed E-state index contributed by atoms with van der Waals surface area (Å²) in [5.41, 5.74) is -0.758. The number of aromatic nitrogens is 1. The number of hydrogen-bond acceptors (Lipinski definition) is 6. The molecule has 2 heterocycles. The van der Waals surface area contributed by atoms with Crippen LogP contribution >= 0.6 is 0 Å². The molecule has 22 heavy (non-hydrogen) atoms. The third-order valence-electron chi connectivity index (χ3n) is 4.08. The van der Waals surface area contributed by atoms with Crippen molar-refractivity contribution in [3.63, 3.8) is 0 Å². The minimum Gasteiger partial charge on any atom is -0.464 e. The summed E-state index contributed by atoms with van der Waals surface area (Å²) in [5, 5.41) is 0. The average Bonchev–Trinajstić information content (AvgIpc) is 2.88. The second-order valence-corrected chi connectivity index (χ2v) is 8.16. The van der Waals surface area contributed by atoms with E-state index >= 15 is 0 Å². The highest BCUT2D eigenvalue weighted by Crippen LogP contribution is 2.36. The van der Waals surface area contributed by atoms with Gasteiger partial charge in [-0.2, -0.15) is 0 Å². The van der Waals surface area contributed by atoms with E-state index in [1.807, 2.05) is 27.7 Å². The Morgan fingerprint density at radius 3 is 2.14 bits per heavy atom. The van der Waals surface area contributed by atoms with E-state index in [2.05, 4.69) is 4.74 Å². The van der Waals surface area contributed by atoms with Gasteiger partial charge in [0.15, 0.2) is 0 Å². The normalized spacial score (nSPS) is 20.2. The molecule has 122 valence electrons. The summed E-state index contributed by atoms with van der Waals surface area (Å²) < 4.78 is 40.9. The van der Waals surface area contributed by atoms with E-state index in [0.717, 1.165) is 10.2 Å². The summed E-state index contributed by atoms with van der Waals surface area (Å²) in [6.07, 6.45) is 2.33. The highest BCUT2D eigenvalue weighted by molar-refractivity contribution is 7.89. The topological polar surface area (TPSA) is 83.8 Å². The highest BCUT2D eigenvalue weighted by Gasteiger charge is 2.52. The first kappa shape index (κ1) is 17.0. The summed E-state index contributed by atoms with van der Waals surface area (Å²) in [5.74, 6) is -0.742. The van der Waals surface area contributed by atoms with Gasteiger partial charge in [-0.25, -0.2) is 17.2 Å². The molecule has 7 nitrogen and oxygen atoms in total. The Hall–Kier alpha value is -1.32. The fourth-order valence-corrected chi connectivity index (χ4v) is 2.90. The molecule has 1 saturated heterocycles. The lowest BCUT2D eigenvalue weighted by atomic mass is 9.81. The molecular formula is C13H20BNO6S. The van der Waals surface area contributed by atoms with Crippen molar-refractivity contribution in [2.45, 2.75) is 38.9 Å². The molecule has 0 atom stereocenters. The van der Waals surface area contributed by atoms with E-state index in [1.165, 1.54) is 19.4 Å². The summed E-state index contributed by atoms with van der Waals surface area (Å²) in [7, 11) is -3.21. The number of ether oxygens (including phenoxy) is 1. The molecule has 2 rings (SSSR count). The lowest BCUT2D eigenvalue weighted by Crippen LogP contribution is -2.41. The molecule has 0 spiro atoms. The maximum Gasteiger partial charge on any atom is 0.496 e. The second-order valence-electron chi connectivity index (χ2n) is 6.30. The molecular weight excluding hydrogens is 309 g/mol. The standard InChI is InChI=1S/C13H20BNO6S/c1-12(2)13(3,4)21-14(20-12)9-7-10(11(16)19-5)15(8-9)22(6,17)18/h7-8H,1-6H3. The van der Waals surface area contributed by atoms with Crippen LogP contribution < -0.4 is 5.46 Å². The van der Waals surface area contributed by atoms with Gasteiger partial charge in [0.05, 0.1) is 24.6 Å². The second kappa shape index (κ2) is 5.11. The van der Waals surface area contributed by atoms with E-state index in [1.54, 1.807) is 0 Å². The monoisotopic (exact) mass is 329 g/mol. The van der Waals surface area contributed by atoms with E-state index in [-0.39, 0.29) is 5.69 Å². The Labute approximate surface area is 130 Å². The van der Waals surface area contributed by atoms with Crippen molar-refractivity contribution in [2.24, 2.45) is 0 Å². The minimum absolute atomic E-state index is 0.0882. The smallest absolute Gasteiger partial charge is 0.464 e. The SMILES string of the molecule is COC(=O)c1cc(B2OC(C)(C)C(C)(C)O2)cn1S(C)(=O)=O. The molecule has 0 aromatic carbocycles. The number of rotatable bonds is 3. The van der Waals surface area contributed by atoms with Crippen LogP contribution in [-0.2, 0) is 24.1 Å². The van der Waals surface area contributed by atoms with Crippen LogP contribution in [-0.4, -0.2) is 50.0 Å². The molecule has 1 fully saturated rings. The molecule has 1 aromatic rings. The number of methoxy groups -OCH3 is 1. The number of carbonyl (C=O) groups excluding carboxylic acids is 1. The first-order valence-corrected chi connectivity index (χ1v) is 8.61. The first-order chi connectivity index (χ1) is 9.89. The van der Waals surface area contributed by atoms with E-state index in [0.29, 0.717) is 5.46 Å². The summed E-state index contributed by atoms with van der Waals surface area (Å²) in [4.78, 5) is 11.8. The number of nitrogens with zero attached hydrogens (tertiary/aromatic N) is 1. The highest BCUT2D eigenvalue weighted by atomic mass is 32.2. The van der Waals surface area contributed by atoms with Crippen LogP contribution in [0, 0.1) is 0 Å². The quantitative estimate of drug-likeness (QED) is 0.589. The molecule has 1 aliphatic heterocycles. The van der Waals surface area contributed by atoms with Crippen molar-refractivity contribution in [3.05, 3.63) is 18.0 Å². The van der Waals surface area contributed by atoms with E-state index in [9.17, 15) is 13.2 Å². The minimum atomic E-state index is -3.65. The Morgan fingerprint density at radius 2 is 1.73 bits per heavy atom. The molecule has 1 aliphatic rings. The molecule has 0 aliphatic carbocycles. The summed E-state index contributed by atoms with van der Waals surface area (Å²) in [6.45, 7) is 7.56. The van der Waals surface area contributed by atoms with Crippen molar-refractivity contribution in [2.75, 3.05) is 13.4 Å². The molecule has 0 bridgehead atoms. The van der Waals surface area contributed by atoms with Crippen LogP contribution in [0.15, 0.2) is 12.3 Å². The van der Waals surface area contributed by atoms with Crippen molar-refractivity contribution >= 4 is 28.6 Å². The first-order valence-electron chi connectivity index (χ1n) is 6.76. The molecule has 1 aromatic heterocycles. The van der Waals surface area contributed by atoms with Gasteiger partial charge < -0.3 is 14.0 Å². The number of hydrogen-bond donors (Lipinski definition) is 0. The van der Waals surface area contributed by atoms with Gasteiger partial charge in [-0.15, -0.1) is 0 Å². The zero-order chi connectivity index (χ0) is 16.9. The van der Waals surface area contributed by atoms with Crippen molar-refractivity contribution in [3.8, 4) is 0 Å². The van der Waals surface area contributed by atoms with Gasteiger partial charge in [-0.1, -0.05) is 0 Å². The van der Waals surface area contributed by atoms with Gasteiger partial charge in [0.2, 0.25) is 10.0 Å². The number of carbonyl (C=O) groups is 1. The lowest BCUT2D eigenvalue weighted by Gasteiger charge is -2.32. The lowest BCUT2D eigenvalue weighted by molar-refractivity contribution is 0.00578. The van der Waals surface area contributed by atoms with Crippen LogP contribution in [0.2, 0.25) is 0 Å². The van der Waals surface area contributed by atoms with Crippen LogP contribution in [0.5, 0.6) is 0 Å². The van der Waals surface area contributed by atoms with Gasteiger partial charge in [-0.05, 0) is 33.8 Å². The van der Waals surface area contributed by atoms with Gasteiger partial charge in [-0.3, -0.25) is 0 Å². The zero-order valence-corrected chi connectivity index (χ0v) is 14.4. The van der Waals surface area contributed by atoms with Crippen LogP contribution in [0.1, 0.15) is 38.2 Å². The van der Waals surface area contributed by atoms with E-state index in [4.69, 9.17) is 9.31 Å². The third kappa shape index (κ3) is 2.80. The number of esters is 1. The Morgan fingerprint density at radius 1 is 1.23 bits per heavy atom. The van der Waals surface area contributed by atoms with Gasteiger partial charge in [0.25, 0.3) is 0 Å². The van der Waals surface area contributed by atoms with Crippen molar-refractivity contribution in [1.82, 2.24) is 3.97 Å². The maximum atomic E-state index is 11.8. The average molecular weight is 329 g/mol. The largest absolute Gasteiger partial charge is 0.496 e. The molecule has 0 saturated carbocycles. The summed E-state index contributed by atoms with van der Waals surface area (Å²) >= 11 is 0.